The summed E-state index contributed by atoms with van der Waals surface area (Å²) in [6.45, 7) is 7.49. The molecule has 0 aliphatic rings. The van der Waals surface area contributed by atoms with Crippen molar-refractivity contribution in [1.29, 1.82) is 0 Å². The molecule has 0 aliphatic carbocycles. The molecule has 9 rings (SSSR count). The number of fused-ring (bicyclic) bond motifs is 3. The molecular formula is C46H28N4O. The van der Waals surface area contributed by atoms with Crippen molar-refractivity contribution >= 4 is 27.6 Å². The molecule has 0 aliphatic heterocycles. The molecule has 0 radical (unpaired) electrons. The van der Waals surface area contributed by atoms with Gasteiger partial charge >= 0.3 is 0 Å². The molecule has 0 amide bonds. The zero-order chi connectivity index (χ0) is 34.1. The van der Waals surface area contributed by atoms with Gasteiger partial charge in [0.2, 0.25) is 0 Å². The van der Waals surface area contributed by atoms with Crippen LogP contribution in [0.4, 0.5) is 5.69 Å². The van der Waals surface area contributed by atoms with Gasteiger partial charge in [0, 0.05) is 38.6 Å². The normalized spacial score (nSPS) is 11.1. The van der Waals surface area contributed by atoms with Gasteiger partial charge in [-0.25, -0.2) is 19.8 Å². The Balaban J connectivity index is 1.40. The fourth-order valence-electron chi connectivity index (χ4n) is 6.67. The van der Waals surface area contributed by atoms with Gasteiger partial charge in [-0.3, -0.25) is 0 Å². The van der Waals surface area contributed by atoms with Gasteiger partial charge in [-0.2, -0.15) is 0 Å². The van der Waals surface area contributed by atoms with Crippen molar-refractivity contribution in [3.8, 4) is 67.5 Å². The van der Waals surface area contributed by atoms with Crippen LogP contribution in [0.25, 0.3) is 94.3 Å². The van der Waals surface area contributed by atoms with E-state index in [9.17, 15) is 0 Å². The fraction of sp³-hybridized carbons (Fsp3) is 0. The molecule has 0 fully saturated rings. The smallest absolute Gasteiger partial charge is 0.187 e. The third-order valence-electron chi connectivity index (χ3n) is 9.16. The zero-order valence-electron chi connectivity index (χ0n) is 27.4. The van der Waals surface area contributed by atoms with E-state index in [-0.39, 0.29) is 0 Å². The van der Waals surface area contributed by atoms with Gasteiger partial charge in [0.1, 0.15) is 11.2 Å². The van der Waals surface area contributed by atoms with E-state index >= 15 is 0 Å². The Labute approximate surface area is 295 Å². The van der Waals surface area contributed by atoms with Crippen LogP contribution in [0.1, 0.15) is 0 Å². The summed E-state index contributed by atoms with van der Waals surface area (Å²) in [5, 5.41) is 1.87. The minimum absolute atomic E-state index is 0.552. The first-order valence-corrected chi connectivity index (χ1v) is 16.7. The summed E-state index contributed by atoms with van der Waals surface area (Å²) >= 11 is 0. The summed E-state index contributed by atoms with van der Waals surface area (Å²) in [7, 11) is 0. The number of hydrogen-bond acceptors (Lipinski definition) is 4. The molecule has 2 heterocycles. The Morgan fingerprint density at radius 1 is 0.392 bits per heavy atom. The van der Waals surface area contributed by atoms with Crippen LogP contribution in [0.5, 0.6) is 0 Å². The van der Waals surface area contributed by atoms with Crippen LogP contribution in [-0.4, -0.2) is 15.0 Å². The van der Waals surface area contributed by atoms with Gasteiger partial charge in [-0.05, 0) is 46.5 Å². The van der Waals surface area contributed by atoms with E-state index in [1.165, 1.54) is 0 Å². The molecule has 0 saturated carbocycles. The fourth-order valence-corrected chi connectivity index (χ4v) is 6.67. The predicted octanol–water partition coefficient (Wildman–Crippen LogP) is 12.3. The minimum Gasteiger partial charge on any atom is -0.455 e. The highest BCUT2D eigenvalue weighted by Crippen LogP contribution is 2.46. The lowest BCUT2D eigenvalue weighted by Crippen LogP contribution is -2.00. The lowest BCUT2D eigenvalue weighted by atomic mass is 9.93. The molecule has 9 aromatic rings. The van der Waals surface area contributed by atoms with Crippen molar-refractivity contribution in [2.45, 2.75) is 0 Å². The third kappa shape index (κ3) is 5.51. The molecule has 0 spiro atoms. The summed E-state index contributed by atoms with van der Waals surface area (Å²) in [6.07, 6.45) is 0. The van der Waals surface area contributed by atoms with Crippen LogP contribution in [0.15, 0.2) is 174 Å². The summed E-state index contributed by atoms with van der Waals surface area (Å²) in [5.74, 6) is 1.74. The monoisotopic (exact) mass is 652 g/mol. The van der Waals surface area contributed by atoms with Crippen LogP contribution < -0.4 is 0 Å². The Morgan fingerprint density at radius 2 is 0.882 bits per heavy atom. The topological polar surface area (TPSA) is 56.2 Å². The van der Waals surface area contributed by atoms with Gasteiger partial charge in [0.15, 0.2) is 23.2 Å². The first-order chi connectivity index (χ1) is 25.2. The Kier molecular flexibility index (Phi) is 7.46. The molecule has 2 aromatic heterocycles. The maximum absolute atomic E-state index is 7.49. The standard InChI is InChI=1S/C46H28N4O/c1-47-36-24-22-32(23-25-36)37-26-27-38(46-49-44(33-18-10-4-11-19-33)48-45(50-46)34-20-12-5-13-21-34)41-40-29-35(30-14-6-2-7-15-30)28-39(42(40)51-43(37)41)31-16-8-3-9-17-31/h2-29H. The van der Waals surface area contributed by atoms with Crippen LogP contribution in [0, 0.1) is 6.57 Å². The first kappa shape index (κ1) is 29.9. The lowest BCUT2D eigenvalue weighted by Gasteiger charge is -2.11. The highest BCUT2D eigenvalue weighted by Gasteiger charge is 2.23. The van der Waals surface area contributed by atoms with Gasteiger partial charge in [-0.1, -0.05) is 146 Å². The van der Waals surface area contributed by atoms with Gasteiger partial charge in [0.05, 0.1) is 6.57 Å². The average Bonchev–Trinajstić information content (AvgIpc) is 3.61. The van der Waals surface area contributed by atoms with E-state index in [0.29, 0.717) is 23.2 Å². The molecule has 0 unspecified atom stereocenters. The van der Waals surface area contributed by atoms with Crippen LogP contribution in [0.2, 0.25) is 0 Å². The zero-order valence-corrected chi connectivity index (χ0v) is 27.4. The molecule has 5 heteroatoms. The van der Waals surface area contributed by atoms with Crippen LogP contribution >= 0.6 is 0 Å². The van der Waals surface area contributed by atoms with E-state index in [1.54, 1.807) is 0 Å². The number of rotatable bonds is 6. The Bertz CT molecular complexity index is 2660. The first-order valence-electron chi connectivity index (χ1n) is 16.7. The summed E-state index contributed by atoms with van der Waals surface area (Å²) in [5.41, 5.74) is 10.8. The van der Waals surface area contributed by atoms with E-state index in [4.69, 9.17) is 25.9 Å². The number of benzene rings is 7. The van der Waals surface area contributed by atoms with Crippen molar-refractivity contribution in [3.63, 3.8) is 0 Å². The Morgan fingerprint density at radius 3 is 1.45 bits per heavy atom. The third-order valence-corrected chi connectivity index (χ3v) is 9.16. The van der Waals surface area contributed by atoms with E-state index in [2.05, 4.69) is 77.6 Å². The number of hydrogen-bond donors (Lipinski definition) is 0. The molecular weight excluding hydrogens is 625 g/mol. The molecule has 51 heavy (non-hydrogen) atoms. The second kappa shape index (κ2) is 12.7. The van der Waals surface area contributed by atoms with Crippen molar-refractivity contribution in [3.05, 3.63) is 181 Å². The largest absolute Gasteiger partial charge is 0.455 e. The Hall–Kier alpha value is -7.16. The SMILES string of the molecule is [C-]#[N+]c1ccc(-c2ccc(-c3nc(-c4ccccc4)nc(-c4ccccc4)n3)c3c2oc2c(-c4ccccc4)cc(-c4ccccc4)cc23)cc1. The summed E-state index contributed by atoms with van der Waals surface area (Å²) in [6, 6.07) is 57.0. The van der Waals surface area contributed by atoms with Gasteiger partial charge in [-0.15, -0.1) is 0 Å². The molecule has 0 atom stereocenters. The molecule has 0 bridgehead atoms. The molecule has 5 nitrogen and oxygen atoms in total. The van der Waals surface area contributed by atoms with Gasteiger partial charge < -0.3 is 4.42 Å². The number of aromatic nitrogens is 3. The molecule has 0 N–H and O–H groups in total. The highest BCUT2D eigenvalue weighted by atomic mass is 16.3. The minimum atomic E-state index is 0.552. The summed E-state index contributed by atoms with van der Waals surface area (Å²) in [4.78, 5) is 18.8. The molecule has 238 valence electrons. The van der Waals surface area contributed by atoms with Gasteiger partial charge in [0.25, 0.3) is 0 Å². The second-order valence-electron chi connectivity index (χ2n) is 12.3. The van der Waals surface area contributed by atoms with Crippen LogP contribution in [-0.2, 0) is 0 Å². The lowest BCUT2D eigenvalue weighted by molar-refractivity contribution is 0.671. The number of furan rings is 1. The average molecular weight is 653 g/mol. The van der Waals surface area contributed by atoms with Crippen molar-refractivity contribution in [2.24, 2.45) is 0 Å². The highest BCUT2D eigenvalue weighted by molar-refractivity contribution is 6.19. The van der Waals surface area contributed by atoms with Crippen molar-refractivity contribution in [1.82, 2.24) is 15.0 Å². The maximum atomic E-state index is 7.49. The van der Waals surface area contributed by atoms with E-state index in [0.717, 1.165) is 72.0 Å². The number of nitrogens with zero attached hydrogens (tertiary/aromatic N) is 4. The van der Waals surface area contributed by atoms with Crippen molar-refractivity contribution in [2.75, 3.05) is 0 Å². The molecule has 7 aromatic carbocycles. The predicted molar refractivity (Wildman–Crippen MR) is 206 cm³/mol. The summed E-state index contributed by atoms with van der Waals surface area (Å²) < 4.78 is 7.03. The van der Waals surface area contributed by atoms with Crippen molar-refractivity contribution < 1.29 is 4.42 Å². The van der Waals surface area contributed by atoms with Crippen LogP contribution in [0.3, 0.4) is 0 Å². The van der Waals surface area contributed by atoms with E-state index in [1.807, 2.05) is 97.1 Å². The van der Waals surface area contributed by atoms with E-state index < -0.39 is 0 Å². The second-order valence-corrected chi connectivity index (χ2v) is 12.3. The molecule has 0 saturated heterocycles. The maximum Gasteiger partial charge on any atom is 0.187 e. The quantitative estimate of drug-likeness (QED) is 0.168.